The number of hydrogen-bond acceptors (Lipinski definition) is 3. The molecule has 0 aromatic rings. The van der Waals surface area contributed by atoms with Crippen LogP contribution in [0.2, 0.25) is 0 Å². The Hall–Kier alpha value is -2.17. The minimum Gasteiger partial charge on any atom is -0.394 e. The van der Waals surface area contributed by atoms with E-state index in [4.69, 9.17) is 0 Å². The van der Waals surface area contributed by atoms with E-state index in [-0.39, 0.29) is 12.5 Å². The molecular formula is C68H125NO3. The van der Waals surface area contributed by atoms with Gasteiger partial charge in [-0.3, -0.25) is 4.79 Å². The summed E-state index contributed by atoms with van der Waals surface area (Å²) in [4.78, 5) is 12.5. The quantitative estimate of drug-likeness (QED) is 0.0420. The first kappa shape index (κ1) is 69.8. The molecule has 420 valence electrons. The summed E-state index contributed by atoms with van der Waals surface area (Å²) >= 11 is 0. The van der Waals surface area contributed by atoms with Crippen molar-refractivity contribution in [1.82, 2.24) is 5.32 Å². The predicted octanol–water partition coefficient (Wildman–Crippen LogP) is 21.7. The average Bonchev–Trinajstić information content (AvgIpc) is 3.39. The first-order valence-electron chi connectivity index (χ1n) is 32.2. The summed E-state index contributed by atoms with van der Waals surface area (Å²) in [6.07, 6.45) is 91.0. The van der Waals surface area contributed by atoms with Crippen LogP contribution in [0.3, 0.4) is 0 Å². The molecule has 0 aromatic carbocycles. The van der Waals surface area contributed by atoms with Crippen LogP contribution < -0.4 is 5.32 Å². The maximum atomic E-state index is 12.5. The Balaban J connectivity index is 3.43. The highest BCUT2D eigenvalue weighted by Gasteiger charge is 2.18. The van der Waals surface area contributed by atoms with Crippen LogP contribution in [0, 0.1) is 0 Å². The van der Waals surface area contributed by atoms with Gasteiger partial charge in [0, 0.05) is 6.42 Å². The lowest BCUT2D eigenvalue weighted by atomic mass is 10.0. The summed E-state index contributed by atoms with van der Waals surface area (Å²) in [7, 11) is 0. The summed E-state index contributed by atoms with van der Waals surface area (Å²) in [5.74, 6) is -0.0585. The Kier molecular flexibility index (Phi) is 61.2. The van der Waals surface area contributed by atoms with Crippen LogP contribution in [-0.2, 0) is 4.79 Å². The molecule has 4 nitrogen and oxygen atoms in total. The molecule has 3 N–H and O–H groups in total. The van der Waals surface area contributed by atoms with E-state index in [1.165, 1.54) is 257 Å². The van der Waals surface area contributed by atoms with Gasteiger partial charge in [-0.1, -0.05) is 337 Å². The van der Waals surface area contributed by atoms with E-state index in [0.717, 1.165) is 57.8 Å². The number of carbonyl (C=O) groups is 1. The molecule has 0 radical (unpaired) electrons. The van der Waals surface area contributed by atoms with Crippen molar-refractivity contribution in [3.63, 3.8) is 0 Å². The molecule has 0 aliphatic heterocycles. The van der Waals surface area contributed by atoms with Crippen molar-refractivity contribution in [2.24, 2.45) is 0 Å². The lowest BCUT2D eigenvalue weighted by molar-refractivity contribution is -0.123. The zero-order valence-corrected chi connectivity index (χ0v) is 48.4. The smallest absolute Gasteiger partial charge is 0.220 e. The molecule has 1 amide bonds. The topological polar surface area (TPSA) is 69.6 Å². The van der Waals surface area contributed by atoms with Gasteiger partial charge in [-0.15, -0.1) is 0 Å². The first-order valence-corrected chi connectivity index (χ1v) is 32.2. The number of hydrogen-bond donors (Lipinski definition) is 3. The molecule has 0 rings (SSSR count). The fraction of sp³-hybridized carbons (Fsp3) is 0.809. The number of nitrogens with one attached hydrogen (secondary N) is 1. The van der Waals surface area contributed by atoms with Crippen molar-refractivity contribution < 1.29 is 15.0 Å². The highest BCUT2D eigenvalue weighted by atomic mass is 16.3. The third kappa shape index (κ3) is 58.7. The third-order valence-electron chi connectivity index (χ3n) is 14.7. The van der Waals surface area contributed by atoms with Gasteiger partial charge in [0.05, 0.1) is 18.8 Å². The standard InChI is InChI=1S/C68H125NO3/c1-3-5-7-9-11-13-15-17-19-21-23-25-26-27-28-29-30-31-32-33-34-35-36-37-38-39-40-41-42-44-46-48-50-52-54-56-58-60-62-64-68(72)69-66(65-70)67(71)63-61-59-57-55-53-51-49-47-45-43-24-22-20-18-16-14-12-10-8-6-4-2/h5,7,11,13,17,19,23,25,27-28,61,63,66-67,70-71H,3-4,6,8-10,12,14-16,18,20-22,24,26,29-60,62,64-65H2,1-2H3,(H,69,72)/b7-5-,13-11-,19-17-,25-23-,28-27-,63-61+. The molecule has 0 fully saturated rings. The zero-order chi connectivity index (χ0) is 52.0. The molecule has 72 heavy (non-hydrogen) atoms. The molecule has 0 bridgehead atoms. The van der Waals surface area contributed by atoms with E-state index in [1.54, 1.807) is 6.08 Å². The van der Waals surface area contributed by atoms with E-state index in [2.05, 4.69) is 79.9 Å². The average molecular weight is 1000 g/mol. The number of allylic oxidation sites excluding steroid dienone is 11. The van der Waals surface area contributed by atoms with Crippen LogP contribution >= 0.6 is 0 Å². The number of carbonyl (C=O) groups excluding carboxylic acids is 1. The van der Waals surface area contributed by atoms with Crippen molar-refractivity contribution in [2.45, 2.75) is 347 Å². The van der Waals surface area contributed by atoms with E-state index in [1.807, 2.05) is 6.08 Å². The van der Waals surface area contributed by atoms with Crippen LogP contribution in [0.5, 0.6) is 0 Å². The van der Waals surface area contributed by atoms with Crippen LogP contribution in [0.4, 0.5) is 0 Å². The Morgan fingerprint density at radius 1 is 0.347 bits per heavy atom. The Bertz CT molecular complexity index is 1230. The highest BCUT2D eigenvalue weighted by Crippen LogP contribution is 2.18. The largest absolute Gasteiger partial charge is 0.394 e. The highest BCUT2D eigenvalue weighted by molar-refractivity contribution is 5.76. The lowest BCUT2D eigenvalue weighted by Crippen LogP contribution is -2.45. The van der Waals surface area contributed by atoms with Gasteiger partial charge in [0.1, 0.15) is 0 Å². The lowest BCUT2D eigenvalue weighted by Gasteiger charge is -2.20. The minimum absolute atomic E-state index is 0.0585. The molecular weight excluding hydrogens is 879 g/mol. The summed E-state index contributed by atoms with van der Waals surface area (Å²) in [6.45, 7) is 4.22. The van der Waals surface area contributed by atoms with Gasteiger partial charge in [-0.05, 0) is 64.2 Å². The maximum Gasteiger partial charge on any atom is 0.220 e. The van der Waals surface area contributed by atoms with E-state index < -0.39 is 12.1 Å². The minimum atomic E-state index is -0.840. The predicted molar refractivity (Wildman–Crippen MR) is 322 cm³/mol. The molecule has 2 unspecified atom stereocenters. The molecule has 0 aliphatic carbocycles. The van der Waals surface area contributed by atoms with E-state index in [0.29, 0.717) is 6.42 Å². The maximum absolute atomic E-state index is 12.5. The van der Waals surface area contributed by atoms with Crippen LogP contribution in [0.15, 0.2) is 72.9 Å². The SMILES string of the molecule is CC/C=C\C/C=C\C/C=C\C/C=C\C/C=C\CCCCCCCCCCCCCCCCCCCCCCCCCC(=O)NC(CO)C(O)/C=C/CCCCCCCCCCCCCCCCCCCCC. The number of unbranched alkanes of at least 4 members (excludes halogenated alkanes) is 42. The van der Waals surface area contributed by atoms with Gasteiger partial charge in [-0.2, -0.15) is 0 Å². The summed E-state index contributed by atoms with van der Waals surface area (Å²) < 4.78 is 0. The summed E-state index contributed by atoms with van der Waals surface area (Å²) in [5.41, 5.74) is 0. The molecule has 0 aliphatic rings. The molecule has 0 heterocycles. The Labute approximate surface area is 450 Å². The van der Waals surface area contributed by atoms with Crippen molar-refractivity contribution in [3.8, 4) is 0 Å². The first-order chi connectivity index (χ1) is 35.7. The summed E-state index contributed by atoms with van der Waals surface area (Å²) in [5, 5.41) is 23.2. The van der Waals surface area contributed by atoms with Gasteiger partial charge in [0.2, 0.25) is 5.91 Å². The van der Waals surface area contributed by atoms with Crippen molar-refractivity contribution in [2.75, 3.05) is 6.61 Å². The molecule has 0 spiro atoms. The molecule has 2 atom stereocenters. The molecule has 0 saturated heterocycles. The second-order valence-corrected chi connectivity index (χ2v) is 21.8. The van der Waals surface area contributed by atoms with Crippen LogP contribution in [0.25, 0.3) is 0 Å². The van der Waals surface area contributed by atoms with Crippen molar-refractivity contribution >= 4 is 5.91 Å². The molecule has 0 saturated carbocycles. The second kappa shape index (κ2) is 63.1. The monoisotopic (exact) mass is 1000 g/mol. The third-order valence-corrected chi connectivity index (χ3v) is 14.7. The van der Waals surface area contributed by atoms with Crippen molar-refractivity contribution in [3.05, 3.63) is 72.9 Å². The van der Waals surface area contributed by atoms with E-state index >= 15 is 0 Å². The van der Waals surface area contributed by atoms with Gasteiger partial charge in [0.25, 0.3) is 0 Å². The van der Waals surface area contributed by atoms with E-state index in [9.17, 15) is 15.0 Å². The van der Waals surface area contributed by atoms with Crippen LogP contribution in [0.1, 0.15) is 335 Å². The summed E-state index contributed by atoms with van der Waals surface area (Å²) in [6, 6.07) is -0.623. The van der Waals surface area contributed by atoms with Crippen LogP contribution in [-0.4, -0.2) is 34.9 Å². The van der Waals surface area contributed by atoms with Gasteiger partial charge >= 0.3 is 0 Å². The van der Waals surface area contributed by atoms with Gasteiger partial charge < -0.3 is 15.5 Å². The fourth-order valence-electron chi connectivity index (χ4n) is 9.86. The van der Waals surface area contributed by atoms with Gasteiger partial charge in [-0.25, -0.2) is 0 Å². The normalized spacial score (nSPS) is 13.2. The Morgan fingerprint density at radius 3 is 0.917 bits per heavy atom. The molecule has 0 aromatic heterocycles. The number of aliphatic hydroxyl groups excluding tert-OH is 2. The Morgan fingerprint density at radius 2 is 0.611 bits per heavy atom. The van der Waals surface area contributed by atoms with Crippen molar-refractivity contribution in [1.29, 1.82) is 0 Å². The number of rotatable bonds is 59. The number of amides is 1. The molecule has 4 heteroatoms. The van der Waals surface area contributed by atoms with Gasteiger partial charge in [0.15, 0.2) is 0 Å². The number of aliphatic hydroxyl groups is 2. The second-order valence-electron chi connectivity index (χ2n) is 21.8. The zero-order valence-electron chi connectivity index (χ0n) is 48.4. The fourth-order valence-corrected chi connectivity index (χ4v) is 9.86.